The van der Waals surface area contributed by atoms with E-state index in [1.807, 2.05) is 23.2 Å². The van der Waals surface area contributed by atoms with Crippen molar-refractivity contribution in [1.29, 1.82) is 0 Å². The Morgan fingerprint density at radius 1 is 1.33 bits per heavy atom. The Hall–Kier alpha value is -0.900. The Labute approximate surface area is 72.1 Å². The summed E-state index contributed by atoms with van der Waals surface area (Å²) in [7, 11) is 0. The first kappa shape index (κ1) is 7.73. The fourth-order valence-electron chi connectivity index (χ4n) is 1.52. The van der Waals surface area contributed by atoms with E-state index in [4.69, 9.17) is 5.84 Å². The summed E-state index contributed by atoms with van der Waals surface area (Å²) in [6.45, 7) is 1.88. The summed E-state index contributed by atoms with van der Waals surface area (Å²) in [4.78, 5) is 0. The Bertz CT molecular complexity index is 247. The van der Waals surface area contributed by atoms with Gasteiger partial charge >= 0.3 is 0 Å². The third-order valence-corrected chi connectivity index (χ3v) is 2.15. The van der Waals surface area contributed by atoms with Crippen molar-refractivity contribution in [3.8, 4) is 0 Å². The van der Waals surface area contributed by atoms with E-state index in [-0.39, 0.29) is 6.17 Å². The number of nitrogens with two attached hydrogens (primary N) is 1. The quantitative estimate of drug-likeness (QED) is 0.591. The molecule has 1 fully saturated rings. The number of rotatable bonds is 1. The van der Waals surface area contributed by atoms with Crippen molar-refractivity contribution in [3.63, 3.8) is 0 Å². The van der Waals surface area contributed by atoms with Crippen LogP contribution in [-0.2, 0) is 0 Å². The van der Waals surface area contributed by atoms with Gasteiger partial charge in [0.15, 0.2) is 0 Å². The second-order valence-electron chi connectivity index (χ2n) is 3.01. The minimum absolute atomic E-state index is 0.200. The highest BCUT2D eigenvalue weighted by atomic mass is 15.5. The van der Waals surface area contributed by atoms with Gasteiger partial charge in [-0.15, -0.1) is 0 Å². The molecule has 0 spiro atoms. The van der Waals surface area contributed by atoms with Gasteiger partial charge in [0, 0.05) is 13.1 Å². The molecule has 0 bridgehead atoms. The Morgan fingerprint density at radius 3 is 2.67 bits per heavy atom. The zero-order chi connectivity index (χ0) is 8.39. The van der Waals surface area contributed by atoms with Gasteiger partial charge in [0.25, 0.3) is 0 Å². The van der Waals surface area contributed by atoms with Gasteiger partial charge in [-0.2, -0.15) is 0 Å². The summed E-state index contributed by atoms with van der Waals surface area (Å²) in [6, 6.07) is 10.2. The van der Waals surface area contributed by atoms with E-state index < -0.39 is 0 Å². The molecule has 1 aliphatic rings. The molecule has 64 valence electrons. The minimum atomic E-state index is 0.200. The standard InChI is InChI=1S/C9H13N3/c10-12-7-6-11-9(12)8-4-2-1-3-5-8/h1-5,9,11H,6-7,10H2. The zero-order valence-corrected chi connectivity index (χ0v) is 6.90. The van der Waals surface area contributed by atoms with E-state index in [1.54, 1.807) is 0 Å². The summed E-state index contributed by atoms with van der Waals surface area (Å²) in [6.07, 6.45) is 0.200. The van der Waals surface area contributed by atoms with Crippen molar-refractivity contribution >= 4 is 0 Å². The molecular weight excluding hydrogens is 150 g/mol. The van der Waals surface area contributed by atoms with Crippen molar-refractivity contribution < 1.29 is 0 Å². The van der Waals surface area contributed by atoms with Gasteiger partial charge in [0.1, 0.15) is 0 Å². The number of hydrogen-bond donors (Lipinski definition) is 2. The molecule has 0 aromatic heterocycles. The summed E-state index contributed by atoms with van der Waals surface area (Å²) < 4.78 is 0. The Balaban J connectivity index is 2.19. The van der Waals surface area contributed by atoms with Gasteiger partial charge in [-0.05, 0) is 5.56 Å². The molecular formula is C9H13N3. The van der Waals surface area contributed by atoms with Crippen LogP contribution in [0.15, 0.2) is 30.3 Å². The molecule has 3 heteroatoms. The van der Waals surface area contributed by atoms with Gasteiger partial charge in [0.05, 0.1) is 6.17 Å². The molecule has 3 nitrogen and oxygen atoms in total. The van der Waals surface area contributed by atoms with E-state index in [0.717, 1.165) is 13.1 Å². The van der Waals surface area contributed by atoms with Crippen LogP contribution in [0.25, 0.3) is 0 Å². The van der Waals surface area contributed by atoms with Gasteiger partial charge in [-0.1, -0.05) is 30.3 Å². The van der Waals surface area contributed by atoms with Crippen LogP contribution < -0.4 is 11.2 Å². The first-order valence-electron chi connectivity index (χ1n) is 4.17. The van der Waals surface area contributed by atoms with E-state index >= 15 is 0 Å². The number of hydrazine groups is 1. The largest absolute Gasteiger partial charge is 0.296 e. The van der Waals surface area contributed by atoms with Crippen LogP contribution in [0.4, 0.5) is 0 Å². The highest BCUT2D eigenvalue weighted by molar-refractivity contribution is 5.18. The van der Waals surface area contributed by atoms with Crippen LogP contribution >= 0.6 is 0 Å². The van der Waals surface area contributed by atoms with Crippen LogP contribution in [-0.4, -0.2) is 18.1 Å². The normalized spacial score (nSPS) is 24.6. The maximum Gasteiger partial charge on any atom is 0.0990 e. The molecule has 0 radical (unpaired) electrons. The topological polar surface area (TPSA) is 41.3 Å². The monoisotopic (exact) mass is 163 g/mol. The van der Waals surface area contributed by atoms with Crippen LogP contribution in [0.1, 0.15) is 11.7 Å². The molecule has 1 unspecified atom stereocenters. The predicted molar refractivity (Wildman–Crippen MR) is 48.1 cm³/mol. The lowest BCUT2D eigenvalue weighted by atomic mass is 10.2. The molecule has 0 saturated carbocycles. The summed E-state index contributed by atoms with van der Waals surface area (Å²) >= 11 is 0. The molecule has 1 aromatic rings. The number of hydrogen-bond acceptors (Lipinski definition) is 3. The Morgan fingerprint density at radius 2 is 2.08 bits per heavy atom. The maximum atomic E-state index is 5.78. The lowest BCUT2D eigenvalue weighted by molar-refractivity contribution is 0.253. The van der Waals surface area contributed by atoms with Crippen LogP contribution in [0, 0.1) is 0 Å². The highest BCUT2D eigenvalue weighted by Gasteiger charge is 2.21. The van der Waals surface area contributed by atoms with Crippen molar-refractivity contribution in [1.82, 2.24) is 10.3 Å². The summed E-state index contributed by atoms with van der Waals surface area (Å²) in [5.74, 6) is 5.78. The molecule has 12 heavy (non-hydrogen) atoms. The van der Waals surface area contributed by atoms with Crippen molar-refractivity contribution in [2.45, 2.75) is 6.17 Å². The predicted octanol–water partition coefficient (Wildman–Crippen LogP) is 0.464. The molecule has 0 aliphatic carbocycles. The van der Waals surface area contributed by atoms with Gasteiger partial charge in [0.2, 0.25) is 0 Å². The van der Waals surface area contributed by atoms with E-state index in [1.165, 1.54) is 5.56 Å². The van der Waals surface area contributed by atoms with Crippen LogP contribution in [0.5, 0.6) is 0 Å². The summed E-state index contributed by atoms with van der Waals surface area (Å²) in [5.41, 5.74) is 1.23. The maximum absolute atomic E-state index is 5.78. The molecule has 1 heterocycles. The average Bonchev–Trinajstić information content (AvgIpc) is 2.53. The summed E-state index contributed by atoms with van der Waals surface area (Å²) in [5, 5.41) is 5.15. The van der Waals surface area contributed by atoms with Crippen molar-refractivity contribution in [2.75, 3.05) is 13.1 Å². The first-order chi connectivity index (χ1) is 5.88. The molecule has 1 aliphatic heterocycles. The van der Waals surface area contributed by atoms with Gasteiger partial charge in [-0.3, -0.25) is 11.2 Å². The van der Waals surface area contributed by atoms with Crippen LogP contribution in [0.3, 0.4) is 0 Å². The second-order valence-corrected chi connectivity index (χ2v) is 3.01. The van der Waals surface area contributed by atoms with Crippen LogP contribution in [0.2, 0.25) is 0 Å². The minimum Gasteiger partial charge on any atom is -0.296 e. The van der Waals surface area contributed by atoms with E-state index in [2.05, 4.69) is 17.4 Å². The number of nitrogens with one attached hydrogen (secondary N) is 1. The SMILES string of the molecule is NN1CCNC1c1ccccc1. The fourth-order valence-corrected chi connectivity index (χ4v) is 1.52. The average molecular weight is 163 g/mol. The lowest BCUT2D eigenvalue weighted by Crippen LogP contribution is -2.33. The molecule has 1 saturated heterocycles. The molecule has 0 amide bonds. The second kappa shape index (κ2) is 3.23. The first-order valence-corrected chi connectivity index (χ1v) is 4.17. The zero-order valence-electron chi connectivity index (χ0n) is 6.90. The van der Waals surface area contributed by atoms with Crippen molar-refractivity contribution in [3.05, 3.63) is 35.9 Å². The number of benzene rings is 1. The molecule has 3 N–H and O–H groups in total. The van der Waals surface area contributed by atoms with E-state index in [9.17, 15) is 0 Å². The fraction of sp³-hybridized carbons (Fsp3) is 0.333. The van der Waals surface area contributed by atoms with Gasteiger partial charge in [-0.25, -0.2) is 5.01 Å². The number of nitrogens with zero attached hydrogens (tertiary/aromatic N) is 1. The Kier molecular flexibility index (Phi) is 2.08. The molecule has 1 atom stereocenters. The molecule has 1 aromatic carbocycles. The third-order valence-electron chi connectivity index (χ3n) is 2.15. The smallest absolute Gasteiger partial charge is 0.0990 e. The van der Waals surface area contributed by atoms with Crippen molar-refractivity contribution in [2.24, 2.45) is 5.84 Å². The van der Waals surface area contributed by atoms with Gasteiger partial charge < -0.3 is 0 Å². The lowest BCUT2D eigenvalue weighted by Gasteiger charge is -2.18. The highest BCUT2D eigenvalue weighted by Crippen LogP contribution is 2.17. The molecule has 2 rings (SSSR count). The van der Waals surface area contributed by atoms with E-state index in [0.29, 0.717) is 0 Å². The third kappa shape index (κ3) is 1.34.